The second kappa shape index (κ2) is 4.49. The molecule has 0 aliphatic heterocycles. The Morgan fingerprint density at radius 1 is 1.41 bits per heavy atom. The molecule has 0 unspecified atom stereocenters. The van der Waals surface area contributed by atoms with Crippen LogP contribution in [-0.2, 0) is 6.54 Å². The van der Waals surface area contributed by atoms with E-state index in [-0.39, 0.29) is 0 Å². The Morgan fingerprint density at radius 2 is 2.18 bits per heavy atom. The maximum atomic E-state index is 5.75. The minimum atomic E-state index is 0.724. The highest BCUT2D eigenvalue weighted by molar-refractivity contribution is 5.52. The lowest BCUT2D eigenvalue weighted by atomic mass is 10.2. The summed E-state index contributed by atoms with van der Waals surface area (Å²) in [7, 11) is 2.00. The zero-order chi connectivity index (χ0) is 12.4. The first-order valence-electron chi connectivity index (χ1n) is 5.54. The van der Waals surface area contributed by atoms with Gasteiger partial charge in [0.1, 0.15) is 11.6 Å². The van der Waals surface area contributed by atoms with Crippen LogP contribution >= 0.6 is 0 Å². The molecule has 0 amide bonds. The van der Waals surface area contributed by atoms with Gasteiger partial charge in [0.05, 0.1) is 18.1 Å². The normalized spacial score (nSPS) is 10.5. The highest BCUT2D eigenvalue weighted by atomic mass is 16.3. The van der Waals surface area contributed by atoms with E-state index in [0.717, 1.165) is 29.4 Å². The van der Waals surface area contributed by atoms with E-state index in [1.807, 2.05) is 33.0 Å². The van der Waals surface area contributed by atoms with Crippen LogP contribution in [0.3, 0.4) is 0 Å². The van der Waals surface area contributed by atoms with Crippen molar-refractivity contribution in [2.45, 2.75) is 20.4 Å². The smallest absolute Gasteiger partial charge is 0.128 e. The van der Waals surface area contributed by atoms with Crippen molar-refractivity contribution in [1.82, 2.24) is 4.98 Å². The number of hydrogen-bond acceptors (Lipinski definition) is 4. The van der Waals surface area contributed by atoms with Gasteiger partial charge in [-0.25, -0.2) is 4.98 Å². The minimum Gasteiger partial charge on any atom is -0.469 e. The van der Waals surface area contributed by atoms with Crippen LogP contribution < -0.4 is 10.6 Å². The van der Waals surface area contributed by atoms with Gasteiger partial charge in [-0.3, -0.25) is 0 Å². The number of furan rings is 1. The first kappa shape index (κ1) is 11.5. The summed E-state index contributed by atoms with van der Waals surface area (Å²) < 4.78 is 5.28. The topological polar surface area (TPSA) is 55.3 Å². The SMILES string of the molecule is Cc1cc(N(C)Cc2ccoc2C)ncc1N. The van der Waals surface area contributed by atoms with Crippen LogP contribution in [0.25, 0.3) is 0 Å². The van der Waals surface area contributed by atoms with Crippen molar-refractivity contribution in [3.8, 4) is 0 Å². The van der Waals surface area contributed by atoms with Gasteiger partial charge in [-0.15, -0.1) is 0 Å². The summed E-state index contributed by atoms with van der Waals surface area (Å²) in [6, 6.07) is 3.97. The third-order valence-electron chi connectivity index (χ3n) is 2.90. The first-order chi connectivity index (χ1) is 8.08. The van der Waals surface area contributed by atoms with E-state index in [9.17, 15) is 0 Å². The number of aromatic nitrogens is 1. The van der Waals surface area contributed by atoms with Gasteiger partial charge >= 0.3 is 0 Å². The van der Waals surface area contributed by atoms with Gasteiger partial charge in [-0.05, 0) is 31.5 Å². The molecule has 0 saturated heterocycles. The van der Waals surface area contributed by atoms with Crippen molar-refractivity contribution >= 4 is 11.5 Å². The Hall–Kier alpha value is -1.97. The lowest BCUT2D eigenvalue weighted by Gasteiger charge is -2.18. The Bertz CT molecular complexity index is 519. The molecule has 2 rings (SSSR count). The number of aryl methyl sites for hydroxylation is 2. The van der Waals surface area contributed by atoms with E-state index in [0.29, 0.717) is 0 Å². The van der Waals surface area contributed by atoms with E-state index in [2.05, 4.69) is 9.88 Å². The summed E-state index contributed by atoms with van der Waals surface area (Å²) in [5.74, 6) is 1.86. The lowest BCUT2D eigenvalue weighted by Crippen LogP contribution is -2.18. The standard InChI is InChI=1S/C13H17N3O/c1-9-6-13(15-7-12(9)14)16(3)8-11-4-5-17-10(11)2/h4-7H,8,14H2,1-3H3. The number of nitrogens with zero attached hydrogens (tertiary/aromatic N) is 2. The van der Waals surface area contributed by atoms with Crippen molar-refractivity contribution in [1.29, 1.82) is 0 Å². The second-order valence-corrected chi connectivity index (χ2v) is 4.26. The minimum absolute atomic E-state index is 0.724. The Labute approximate surface area is 101 Å². The molecule has 0 bridgehead atoms. The molecule has 0 aliphatic carbocycles. The maximum absolute atomic E-state index is 5.75. The zero-order valence-corrected chi connectivity index (χ0v) is 10.4. The molecule has 0 spiro atoms. The fourth-order valence-electron chi connectivity index (χ4n) is 1.67. The molecule has 17 heavy (non-hydrogen) atoms. The van der Waals surface area contributed by atoms with Crippen molar-refractivity contribution in [2.24, 2.45) is 0 Å². The molecule has 4 heteroatoms. The maximum Gasteiger partial charge on any atom is 0.128 e. The Morgan fingerprint density at radius 3 is 2.76 bits per heavy atom. The predicted octanol–water partition coefficient (Wildman–Crippen LogP) is 2.51. The van der Waals surface area contributed by atoms with Crippen molar-refractivity contribution in [2.75, 3.05) is 17.7 Å². The van der Waals surface area contributed by atoms with Gasteiger partial charge in [0.2, 0.25) is 0 Å². The number of rotatable bonds is 3. The number of nitrogen functional groups attached to an aromatic ring is 1. The second-order valence-electron chi connectivity index (χ2n) is 4.26. The van der Waals surface area contributed by atoms with E-state index in [4.69, 9.17) is 10.2 Å². The molecule has 0 saturated carbocycles. The van der Waals surface area contributed by atoms with Crippen molar-refractivity contribution in [3.63, 3.8) is 0 Å². The Balaban J connectivity index is 2.17. The summed E-state index contributed by atoms with van der Waals surface area (Å²) in [5, 5.41) is 0. The molecule has 0 aliphatic rings. The summed E-state index contributed by atoms with van der Waals surface area (Å²) in [6.45, 7) is 4.72. The molecule has 90 valence electrons. The van der Waals surface area contributed by atoms with Gasteiger partial charge in [0.15, 0.2) is 0 Å². The molecule has 0 radical (unpaired) electrons. The fraction of sp³-hybridized carbons (Fsp3) is 0.308. The van der Waals surface area contributed by atoms with Gasteiger partial charge in [0.25, 0.3) is 0 Å². The van der Waals surface area contributed by atoms with Crippen LogP contribution in [0.1, 0.15) is 16.9 Å². The predicted molar refractivity (Wildman–Crippen MR) is 68.9 cm³/mol. The summed E-state index contributed by atoms with van der Waals surface area (Å²) in [6.07, 6.45) is 3.41. The number of hydrogen-bond donors (Lipinski definition) is 1. The van der Waals surface area contributed by atoms with Gasteiger partial charge in [-0.2, -0.15) is 0 Å². The largest absolute Gasteiger partial charge is 0.469 e. The average Bonchev–Trinajstić information content (AvgIpc) is 2.68. The average molecular weight is 231 g/mol. The number of anilines is 2. The van der Waals surface area contributed by atoms with Crippen LogP contribution in [-0.4, -0.2) is 12.0 Å². The van der Waals surface area contributed by atoms with Crippen LogP contribution in [0.5, 0.6) is 0 Å². The van der Waals surface area contributed by atoms with E-state index in [1.165, 1.54) is 5.56 Å². The molecule has 4 nitrogen and oxygen atoms in total. The third kappa shape index (κ3) is 2.41. The van der Waals surface area contributed by atoms with Crippen LogP contribution in [0.2, 0.25) is 0 Å². The van der Waals surface area contributed by atoms with Crippen molar-refractivity contribution in [3.05, 3.63) is 41.5 Å². The Kier molecular flexibility index (Phi) is 3.04. The summed E-state index contributed by atoms with van der Waals surface area (Å²) in [4.78, 5) is 6.39. The summed E-state index contributed by atoms with van der Waals surface area (Å²) >= 11 is 0. The molecular formula is C13H17N3O. The molecular weight excluding hydrogens is 214 g/mol. The quantitative estimate of drug-likeness (QED) is 0.881. The molecule has 0 fully saturated rings. The highest BCUT2D eigenvalue weighted by Crippen LogP contribution is 2.19. The fourth-order valence-corrected chi connectivity index (χ4v) is 1.67. The molecule has 2 N–H and O–H groups in total. The molecule has 2 aromatic heterocycles. The van der Waals surface area contributed by atoms with Gasteiger partial charge < -0.3 is 15.1 Å². The van der Waals surface area contributed by atoms with Crippen LogP contribution in [0.4, 0.5) is 11.5 Å². The lowest BCUT2D eigenvalue weighted by molar-refractivity contribution is 0.529. The van der Waals surface area contributed by atoms with E-state index in [1.54, 1.807) is 12.5 Å². The third-order valence-corrected chi connectivity index (χ3v) is 2.90. The van der Waals surface area contributed by atoms with Gasteiger partial charge in [-0.1, -0.05) is 0 Å². The van der Waals surface area contributed by atoms with Crippen molar-refractivity contribution < 1.29 is 4.42 Å². The first-order valence-corrected chi connectivity index (χ1v) is 5.54. The molecule has 0 atom stereocenters. The molecule has 2 aromatic rings. The van der Waals surface area contributed by atoms with E-state index < -0.39 is 0 Å². The summed E-state index contributed by atoms with van der Waals surface area (Å²) in [5.41, 5.74) is 8.69. The van der Waals surface area contributed by atoms with Gasteiger partial charge in [0, 0.05) is 19.2 Å². The number of nitrogens with two attached hydrogens (primary N) is 1. The monoisotopic (exact) mass is 231 g/mol. The molecule has 2 heterocycles. The van der Waals surface area contributed by atoms with Crippen LogP contribution in [0, 0.1) is 13.8 Å². The van der Waals surface area contributed by atoms with E-state index >= 15 is 0 Å². The number of pyridine rings is 1. The highest BCUT2D eigenvalue weighted by Gasteiger charge is 2.08. The molecule has 0 aromatic carbocycles. The zero-order valence-electron chi connectivity index (χ0n) is 10.4. The van der Waals surface area contributed by atoms with Crippen LogP contribution in [0.15, 0.2) is 29.0 Å².